The molecule has 82 valence electrons. The zero-order valence-corrected chi connectivity index (χ0v) is 8.59. The van der Waals surface area contributed by atoms with Crippen molar-refractivity contribution in [3.8, 4) is 0 Å². The fourth-order valence-electron chi connectivity index (χ4n) is 1.37. The number of hydrogen-bond acceptors (Lipinski definition) is 2. The molecule has 0 spiro atoms. The molecule has 1 unspecified atom stereocenters. The van der Waals surface area contributed by atoms with Gasteiger partial charge in [0.15, 0.2) is 0 Å². The number of nitrogens with one attached hydrogen (secondary N) is 1. The Morgan fingerprint density at radius 1 is 1.64 bits per heavy atom. The maximum atomic E-state index is 11.7. The van der Waals surface area contributed by atoms with E-state index < -0.39 is 12.8 Å². The van der Waals surface area contributed by atoms with Crippen LogP contribution in [0.2, 0.25) is 0 Å². The fraction of sp³-hybridized carbons (Fsp3) is 0.900. The molecule has 14 heavy (non-hydrogen) atoms. The summed E-state index contributed by atoms with van der Waals surface area (Å²) in [7, 11) is 0. The Bertz CT molecular complexity index is 183. The molecule has 1 atom stereocenters. The van der Waals surface area contributed by atoms with E-state index in [4.69, 9.17) is 4.74 Å². The molecule has 1 aliphatic rings. The number of rotatable bonds is 6. The molecule has 1 rings (SSSR count). The van der Waals surface area contributed by atoms with E-state index in [1.807, 2.05) is 6.92 Å². The molecule has 0 heterocycles. The number of carbonyl (C=O) groups is 1. The summed E-state index contributed by atoms with van der Waals surface area (Å²) in [4.78, 5) is 11.1. The molecule has 1 saturated carbocycles. The van der Waals surface area contributed by atoms with E-state index in [9.17, 15) is 9.18 Å². The third-order valence-corrected chi connectivity index (χ3v) is 2.26. The molecule has 1 amide bonds. The van der Waals surface area contributed by atoms with Crippen molar-refractivity contribution in [2.45, 2.75) is 38.6 Å². The zero-order chi connectivity index (χ0) is 10.4. The summed E-state index contributed by atoms with van der Waals surface area (Å²) >= 11 is 0. The minimum absolute atomic E-state index is 0.165. The molecule has 0 bridgehead atoms. The average Bonchev–Trinajstić information content (AvgIpc) is 2.88. The average molecular weight is 203 g/mol. The summed E-state index contributed by atoms with van der Waals surface area (Å²) in [6.07, 6.45) is 3.45. The Hall–Kier alpha value is -0.800. The van der Waals surface area contributed by atoms with Gasteiger partial charge in [0.05, 0.1) is 13.3 Å². The second-order valence-corrected chi connectivity index (χ2v) is 3.90. The first-order valence-corrected chi connectivity index (χ1v) is 5.21. The third-order valence-electron chi connectivity index (χ3n) is 2.26. The van der Waals surface area contributed by atoms with Gasteiger partial charge in [-0.3, -0.25) is 4.39 Å². The molecule has 4 heteroatoms. The predicted molar refractivity (Wildman–Crippen MR) is 51.9 cm³/mol. The van der Waals surface area contributed by atoms with Gasteiger partial charge in [-0.1, -0.05) is 12.8 Å². The van der Waals surface area contributed by atoms with Gasteiger partial charge in [0.1, 0.15) is 0 Å². The zero-order valence-electron chi connectivity index (χ0n) is 8.59. The number of amides is 1. The summed E-state index contributed by atoms with van der Waals surface area (Å²) in [5.74, 6) is 0.788. The maximum absolute atomic E-state index is 11.7. The van der Waals surface area contributed by atoms with Gasteiger partial charge in [-0.25, -0.2) is 4.79 Å². The van der Waals surface area contributed by atoms with Gasteiger partial charge in [-0.05, 0) is 19.3 Å². The Morgan fingerprint density at radius 3 is 2.93 bits per heavy atom. The van der Waals surface area contributed by atoms with E-state index in [2.05, 4.69) is 5.32 Å². The quantitative estimate of drug-likeness (QED) is 0.672. The van der Waals surface area contributed by atoms with E-state index in [1.54, 1.807) is 0 Å². The monoisotopic (exact) mass is 203 g/mol. The topological polar surface area (TPSA) is 38.3 Å². The lowest BCUT2D eigenvalue weighted by Gasteiger charge is -2.12. The highest BCUT2D eigenvalue weighted by atomic mass is 19.1. The van der Waals surface area contributed by atoms with Crippen LogP contribution in [-0.2, 0) is 4.74 Å². The van der Waals surface area contributed by atoms with Gasteiger partial charge in [-0.15, -0.1) is 0 Å². The van der Waals surface area contributed by atoms with Crippen LogP contribution in [0.15, 0.2) is 0 Å². The second-order valence-electron chi connectivity index (χ2n) is 3.90. The van der Waals surface area contributed by atoms with Crippen molar-refractivity contribution in [1.29, 1.82) is 0 Å². The Kier molecular flexibility index (Phi) is 4.70. The molecule has 1 fully saturated rings. The molecule has 0 radical (unpaired) electrons. The number of ether oxygens (including phenoxy) is 1. The molecule has 0 saturated heterocycles. The highest BCUT2D eigenvalue weighted by molar-refractivity contribution is 5.67. The van der Waals surface area contributed by atoms with E-state index in [0.717, 1.165) is 12.3 Å². The van der Waals surface area contributed by atoms with Crippen LogP contribution in [0.25, 0.3) is 0 Å². The minimum atomic E-state index is -0.440. The SMILES string of the molecule is CC(CC1CC1)NC(=O)OCCCF. The van der Waals surface area contributed by atoms with Crippen LogP contribution < -0.4 is 5.32 Å². The third kappa shape index (κ3) is 5.04. The Balaban J connectivity index is 1.99. The molecule has 3 nitrogen and oxygen atoms in total. The summed E-state index contributed by atoms with van der Waals surface area (Å²) in [5, 5.41) is 2.73. The largest absolute Gasteiger partial charge is 0.449 e. The number of carbonyl (C=O) groups excluding carboxylic acids is 1. The van der Waals surface area contributed by atoms with Gasteiger partial charge in [0.2, 0.25) is 0 Å². The first kappa shape index (κ1) is 11.3. The standard InChI is InChI=1S/C10H18FNO2/c1-8(7-9-3-4-9)12-10(13)14-6-2-5-11/h8-9H,2-7H2,1H3,(H,12,13). The van der Waals surface area contributed by atoms with E-state index in [1.165, 1.54) is 12.8 Å². The normalized spacial score (nSPS) is 17.6. The second kappa shape index (κ2) is 5.83. The van der Waals surface area contributed by atoms with Crippen LogP contribution in [0.1, 0.15) is 32.6 Å². The van der Waals surface area contributed by atoms with E-state index >= 15 is 0 Å². The van der Waals surface area contributed by atoms with Crippen LogP contribution in [0.3, 0.4) is 0 Å². The van der Waals surface area contributed by atoms with E-state index in [0.29, 0.717) is 0 Å². The van der Waals surface area contributed by atoms with Gasteiger partial charge in [0.25, 0.3) is 0 Å². The van der Waals surface area contributed by atoms with E-state index in [-0.39, 0.29) is 19.1 Å². The first-order valence-electron chi connectivity index (χ1n) is 5.21. The van der Waals surface area contributed by atoms with Gasteiger partial charge >= 0.3 is 6.09 Å². The maximum Gasteiger partial charge on any atom is 0.407 e. The van der Waals surface area contributed by atoms with Crippen LogP contribution in [0.4, 0.5) is 9.18 Å². The smallest absolute Gasteiger partial charge is 0.407 e. The lowest BCUT2D eigenvalue weighted by molar-refractivity contribution is 0.138. The first-order chi connectivity index (χ1) is 6.72. The molecule has 0 aromatic heterocycles. The van der Waals surface area contributed by atoms with Crippen molar-refractivity contribution in [3.63, 3.8) is 0 Å². The van der Waals surface area contributed by atoms with Crippen LogP contribution >= 0.6 is 0 Å². The number of alkyl carbamates (subject to hydrolysis) is 1. The van der Waals surface area contributed by atoms with Crippen molar-refractivity contribution in [2.24, 2.45) is 5.92 Å². The lowest BCUT2D eigenvalue weighted by Crippen LogP contribution is -2.33. The molecule has 1 aliphatic carbocycles. The summed E-state index contributed by atoms with van der Waals surface area (Å²) in [6.45, 7) is 1.69. The highest BCUT2D eigenvalue weighted by Gasteiger charge is 2.24. The minimum Gasteiger partial charge on any atom is -0.449 e. The molecular weight excluding hydrogens is 185 g/mol. The highest BCUT2D eigenvalue weighted by Crippen LogP contribution is 2.33. The van der Waals surface area contributed by atoms with Crippen molar-refractivity contribution in [1.82, 2.24) is 5.32 Å². The molecule has 0 aromatic rings. The van der Waals surface area contributed by atoms with Crippen molar-refractivity contribution < 1.29 is 13.9 Å². The van der Waals surface area contributed by atoms with Crippen LogP contribution in [-0.4, -0.2) is 25.4 Å². The fourth-order valence-corrected chi connectivity index (χ4v) is 1.37. The summed E-state index contributed by atoms with van der Waals surface area (Å²) < 4.78 is 16.4. The molecule has 0 aromatic carbocycles. The van der Waals surface area contributed by atoms with Gasteiger partial charge in [-0.2, -0.15) is 0 Å². The van der Waals surface area contributed by atoms with Crippen molar-refractivity contribution >= 4 is 6.09 Å². The van der Waals surface area contributed by atoms with Crippen LogP contribution in [0, 0.1) is 5.92 Å². The van der Waals surface area contributed by atoms with Crippen LogP contribution in [0.5, 0.6) is 0 Å². The number of alkyl halides is 1. The number of halogens is 1. The predicted octanol–water partition coefficient (Wildman–Crippen LogP) is 2.26. The van der Waals surface area contributed by atoms with Crippen molar-refractivity contribution in [2.75, 3.05) is 13.3 Å². The summed E-state index contributed by atoms with van der Waals surface area (Å²) in [5.41, 5.74) is 0. The Morgan fingerprint density at radius 2 is 2.36 bits per heavy atom. The molecular formula is C10H18FNO2. The van der Waals surface area contributed by atoms with Gasteiger partial charge < -0.3 is 10.1 Å². The number of hydrogen-bond donors (Lipinski definition) is 1. The summed E-state index contributed by atoms with van der Waals surface area (Å²) in [6, 6.07) is 0.167. The molecule has 0 aliphatic heterocycles. The van der Waals surface area contributed by atoms with Crippen molar-refractivity contribution in [3.05, 3.63) is 0 Å². The Labute approximate surface area is 84.0 Å². The van der Waals surface area contributed by atoms with Gasteiger partial charge in [0, 0.05) is 12.5 Å². The lowest BCUT2D eigenvalue weighted by atomic mass is 10.2. The molecule has 1 N–H and O–H groups in total.